The molecule has 0 atom stereocenters. The predicted octanol–water partition coefficient (Wildman–Crippen LogP) is 0.938. The van der Waals surface area contributed by atoms with E-state index in [2.05, 4.69) is 21.9 Å². The summed E-state index contributed by atoms with van der Waals surface area (Å²) in [5, 5.41) is 2.99. The van der Waals surface area contributed by atoms with Gasteiger partial charge < -0.3 is 10.0 Å². The zero-order chi connectivity index (χ0) is 7.66. The highest BCUT2D eigenvalue weighted by atomic mass is 32.2. The third-order valence-corrected chi connectivity index (χ3v) is 1.13. The van der Waals surface area contributed by atoms with Gasteiger partial charge in [0.25, 0.3) is 0 Å². The lowest BCUT2D eigenvalue weighted by Crippen LogP contribution is -2.05. The molecule has 0 spiro atoms. The molecule has 0 unspecified atom stereocenters. The number of hydrogen-bond acceptors (Lipinski definition) is 3. The molecule has 2 nitrogen and oxygen atoms in total. The van der Waals surface area contributed by atoms with E-state index >= 15 is 0 Å². The summed E-state index contributed by atoms with van der Waals surface area (Å²) in [6.07, 6.45) is 5.64. The molecule has 0 saturated carbocycles. The van der Waals surface area contributed by atoms with Crippen LogP contribution in [0.4, 0.5) is 0 Å². The van der Waals surface area contributed by atoms with Crippen LogP contribution in [0.1, 0.15) is 6.92 Å². The van der Waals surface area contributed by atoms with Crippen LogP contribution >= 0.6 is 11.9 Å². The Morgan fingerprint density at radius 3 is 2.90 bits per heavy atom. The van der Waals surface area contributed by atoms with Crippen molar-refractivity contribution in [2.75, 3.05) is 12.8 Å². The van der Waals surface area contributed by atoms with Gasteiger partial charge in [-0.2, -0.15) is 0 Å². The Hall–Kier alpha value is -0.750. The summed E-state index contributed by atoms with van der Waals surface area (Å²) in [6.45, 7) is 2.54. The summed E-state index contributed by atoms with van der Waals surface area (Å²) >= 11 is 1.55. The van der Waals surface area contributed by atoms with Crippen molar-refractivity contribution in [3.8, 4) is 11.8 Å². The van der Waals surface area contributed by atoms with Crippen LogP contribution in [0.5, 0.6) is 0 Å². The molecular formula is C7H12N2S. The van der Waals surface area contributed by atoms with Crippen molar-refractivity contribution >= 4 is 11.9 Å². The molecular weight excluding hydrogens is 144 g/mol. The summed E-state index contributed by atoms with van der Waals surface area (Å²) < 4.78 is 2.95. The van der Waals surface area contributed by atoms with Crippen LogP contribution in [-0.2, 0) is 0 Å². The Morgan fingerprint density at radius 2 is 2.30 bits per heavy atom. The van der Waals surface area contributed by atoms with Gasteiger partial charge in [-0.3, -0.25) is 0 Å². The largest absolute Gasteiger partial charge is 0.379 e. The summed E-state index contributed by atoms with van der Waals surface area (Å²) in [5.41, 5.74) is 0. The minimum Gasteiger partial charge on any atom is -0.379 e. The van der Waals surface area contributed by atoms with Crippen molar-refractivity contribution in [3.05, 3.63) is 12.4 Å². The summed E-state index contributed by atoms with van der Waals surface area (Å²) in [6, 6.07) is 0. The molecule has 3 heteroatoms. The average molecular weight is 156 g/mol. The maximum atomic E-state index is 2.99. The third kappa shape index (κ3) is 7.25. The molecule has 0 aliphatic rings. The van der Waals surface area contributed by atoms with Gasteiger partial charge in [-0.15, -0.1) is 5.92 Å². The van der Waals surface area contributed by atoms with Gasteiger partial charge in [0.2, 0.25) is 0 Å². The molecule has 0 bridgehead atoms. The van der Waals surface area contributed by atoms with Gasteiger partial charge in [-0.05, 0) is 6.92 Å². The molecule has 0 aliphatic heterocycles. The maximum Gasteiger partial charge on any atom is 0.0761 e. The van der Waals surface area contributed by atoms with E-state index in [-0.39, 0.29) is 0 Å². The average Bonchev–Trinajstić information content (AvgIpc) is 1.97. The van der Waals surface area contributed by atoms with E-state index in [9.17, 15) is 0 Å². The molecule has 2 N–H and O–H groups in total. The molecule has 0 amide bonds. The molecule has 0 saturated heterocycles. The number of nitrogens with one attached hydrogen (secondary N) is 2. The Kier molecular flexibility index (Phi) is 7.63. The van der Waals surface area contributed by atoms with E-state index in [0.29, 0.717) is 6.54 Å². The van der Waals surface area contributed by atoms with Crippen molar-refractivity contribution in [2.24, 2.45) is 0 Å². The van der Waals surface area contributed by atoms with Gasteiger partial charge in [0.05, 0.1) is 6.54 Å². The second kappa shape index (κ2) is 8.25. The van der Waals surface area contributed by atoms with Gasteiger partial charge >= 0.3 is 0 Å². The lowest BCUT2D eigenvalue weighted by molar-refractivity contribution is 0.998. The van der Waals surface area contributed by atoms with Crippen molar-refractivity contribution in [1.82, 2.24) is 10.0 Å². The molecule has 0 radical (unpaired) electrons. The highest BCUT2D eigenvalue weighted by Crippen LogP contribution is 1.78. The second-order valence-corrected chi connectivity index (χ2v) is 2.11. The van der Waals surface area contributed by atoms with Crippen LogP contribution in [0.25, 0.3) is 0 Å². The van der Waals surface area contributed by atoms with Crippen LogP contribution in [0.15, 0.2) is 12.4 Å². The fourth-order valence-corrected chi connectivity index (χ4v) is 0.563. The first-order chi connectivity index (χ1) is 4.91. The van der Waals surface area contributed by atoms with Crippen LogP contribution in [0, 0.1) is 11.8 Å². The first-order valence-electron chi connectivity index (χ1n) is 2.98. The highest BCUT2D eigenvalue weighted by Gasteiger charge is 1.68. The minimum atomic E-state index is 0.711. The van der Waals surface area contributed by atoms with E-state index in [1.54, 1.807) is 11.9 Å². The zero-order valence-electron chi connectivity index (χ0n) is 6.27. The van der Waals surface area contributed by atoms with Crippen LogP contribution < -0.4 is 10.0 Å². The quantitative estimate of drug-likeness (QED) is 0.360. The molecule has 0 aliphatic carbocycles. The van der Waals surface area contributed by atoms with E-state index in [1.165, 1.54) is 0 Å². The third-order valence-electron chi connectivity index (χ3n) is 0.754. The van der Waals surface area contributed by atoms with E-state index in [0.717, 1.165) is 0 Å². The first-order valence-corrected chi connectivity index (χ1v) is 4.20. The van der Waals surface area contributed by atoms with Gasteiger partial charge in [-0.1, -0.05) is 17.9 Å². The monoisotopic (exact) mass is 156 g/mol. The SMILES string of the molecule is CC#CCN/C=C\NSC. The van der Waals surface area contributed by atoms with Crippen LogP contribution in [0.2, 0.25) is 0 Å². The standard InChI is InChI=1S/C7H12N2S/c1-3-4-5-8-6-7-9-10-2/h6-9H,5H2,1-2H3/b7-6-. The Bertz CT molecular complexity index is 143. The molecule has 0 heterocycles. The topological polar surface area (TPSA) is 24.1 Å². The van der Waals surface area contributed by atoms with Gasteiger partial charge in [-0.25, -0.2) is 0 Å². The lowest BCUT2D eigenvalue weighted by atomic mass is 10.6. The van der Waals surface area contributed by atoms with Crippen LogP contribution in [0.3, 0.4) is 0 Å². The smallest absolute Gasteiger partial charge is 0.0761 e. The van der Waals surface area contributed by atoms with Crippen molar-refractivity contribution in [1.29, 1.82) is 0 Å². The molecule has 0 aromatic heterocycles. The molecule has 0 aromatic rings. The first kappa shape index (κ1) is 9.25. The van der Waals surface area contributed by atoms with Gasteiger partial charge in [0.15, 0.2) is 0 Å². The molecule has 0 aromatic carbocycles. The summed E-state index contributed by atoms with van der Waals surface area (Å²) in [4.78, 5) is 0. The Labute approximate surface area is 66.6 Å². The lowest BCUT2D eigenvalue weighted by Gasteiger charge is -1.91. The fourth-order valence-electron chi connectivity index (χ4n) is 0.359. The highest BCUT2D eigenvalue weighted by molar-refractivity contribution is 7.96. The Morgan fingerprint density at radius 1 is 1.50 bits per heavy atom. The summed E-state index contributed by atoms with van der Waals surface area (Å²) in [5.74, 6) is 5.66. The zero-order valence-corrected chi connectivity index (χ0v) is 7.09. The fraction of sp³-hybridized carbons (Fsp3) is 0.429. The molecule has 56 valence electrons. The minimum absolute atomic E-state index is 0.711. The number of rotatable bonds is 4. The van der Waals surface area contributed by atoms with Crippen molar-refractivity contribution < 1.29 is 0 Å². The molecule has 0 fully saturated rings. The van der Waals surface area contributed by atoms with Crippen molar-refractivity contribution in [3.63, 3.8) is 0 Å². The van der Waals surface area contributed by atoms with E-state index in [4.69, 9.17) is 0 Å². The normalized spacial score (nSPS) is 8.60. The molecule has 0 rings (SSSR count). The van der Waals surface area contributed by atoms with Gasteiger partial charge in [0.1, 0.15) is 0 Å². The second-order valence-electron chi connectivity index (χ2n) is 1.46. The van der Waals surface area contributed by atoms with Crippen molar-refractivity contribution in [2.45, 2.75) is 6.92 Å². The molecule has 10 heavy (non-hydrogen) atoms. The predicted molar refractivity (Wildman–Crippen MR) is 47.2 cm³/mol. The van der Waals surface area contributed by atoms with Gasteiger partial charge in [0, 0.05) is 18.7 Å². The number of hydrogen-bond donors (Lipinski definition) is 2. The van der Waals surface area contributed by atoms with E-state index in [1.807, 2.05) is 25.6 Å². The summed E-state index contributed by atoms with van der Waals surface area (Å²) in [7, 11) is 0. The Balaban J connectivity index is 3.07. The maximum absolute atomic E-state index is 2.99. The van der Waals surface area contributed by atoms with Crippen LogP contribution in [-0.4, -0.2) is 12.8 Å². The van der Waals surface area contributed by atoms with E-state index < -0.39 is 0 Å².